The van der Waals surface area contributed by atoms with Crippen LogP contribution in [0, 0.1) is 17.2 Å². The molecule has 4 heteroatoms. The van der Waals surface area contributed by atoms with E-state index in [1.54, 1.807) is 19.2 Å². The monoisotopic (exact) mass is 260 g/mol. The van der Waals surface area contributed by atoms with Gasteiger partial charge in [-0.2, -0.15) is 5.26 Å². The summed E-state index contributed by atoms with van der Waals surface area (Å²) >= 11 is 0. The molecule has 1 heterocycles. The minimum atomic E-state index is 0.564. The Hall–Kier alpha value is -1.73. The largest absolute Gasteiger partial charge is 0.497 e. The van der Waals surface area contributed by atoms with Crippen molar-refractivity contribution in [3.05, 3.63) is 23.8 Å². The van der Waals surface area contributed by atoms with Crippen LogP contribution in [-0.4, -0.2) is 26.8 Å². The molecule has 0 saturated carbocycles. The SMILES string of the molecule is COc1cc(C#N)cc(OCCC2CCCNC2)c1. The first-order valence-corrected chi connectivity index (χ1v) is 6.74. The second-order valence-corrected chi connectivity index (χ2v) is 4.86. The van der Waals surface area contributed by atoms with Crippen LogP contribution in [0.5, 0.6) is 11.5 Å². The molecule has 0 amide bonds. The van der Waals surface area contributed by atoms with Crippen LogP contribution in [0.2, 0.25) is 0 Å². The van der Waals surface area contributed by atoms with Gasteiger partial charge >= 0.3 is 0 Å². The van der Waals surface area contributed by atoms with Crippen molar-refractivity contribution < 1.29 is 9.47 Å². The van der Waals surface area contributed by atoms with E-state index in [9.17, 15) is 0 Å². The van der Waals surface area contributed by atoms with Crippen LogP contribution in [0.25, 0.3) is 0 Å². The molecule has 0 aromatic heterocycles. The summed E-state index contributed by atoms with van der Waals surface area (Å²) in [6.45, 7) is 2.91. The Balaban J connectivity index is 1.86. The fraction of sp³-hybridized carbons (Fsp3) is 0.533. The summed E-state index contributed by atoms with van der Waals surface area (Å²) in [5.74, 6) is 2.07. The normalized spacial score (nSPS) is 18.6. The molecule has 1 aromatic carbocycles. The van der Waals surface area contributed by atoms with E-state index in [0.29, 0.717) is 29.6 Å². The van der Waals surface area contributed by atoms with Crippen molar-refractivity contribution in [3.8, 4) is 17.6 Å². The highest BCUT2D eigenvalue weighted by molar-refractivity contribution is 5.43. The molecular formula is C15H20N2O2. The molecule has 1 fully saturated rings. The number of benzene rings is 1. The summed E-state index contributed by atoms with van der Waals surface area (Å²) in [5.41, 5.74) is 0.564. The second kappa shape index (κ2) is 7.01. The molecule has 4 nitrogen and oxygen atoms in total. The minimum absolute atomic E-state index is 0.564. The van der Waals surface area contributed by atoms with Gasteiger partial charge in [0.15, 0.2) is 0 Å². The highest BCUT2D eigenvalue weighted by atomic mass is 16.5. The fourth-order valence-electron chi connectivity index (χ4n) is 2.35. The summed E-state index contributed by atoms with van der Waals surface area (Å²) in [6, 6.07) is 7.39. The molecular weight excluding hydrogens is 240 g/mol. The van der Waals surface area contributed by atoms with Crippen molar-refractivity contribution in [2.75, 3.05) is 26.8 Å². The third-order valence-electron chi connectivity index (χ3n) is 3.44. The van der Waals surface area contributed by atoms with Crippen LogP contribution >= 0.6 is 0 Å². The lowest BCUT2D eigenvalue weighted by atomic mass is 9.97. The molecule has 1 N–H and O–H groups in total. The Kier molecular flexibility index (Phi) is 5.05. The van der Waals surface area contributed by atoms with Gasteiger partial charge in [0.2, 0.25) is 0 Å². The lowest BCUT2D eigenvalue weighted by molar-refractivity contribution is 0.253. The Bertz CT molecular complexity index is 448. The van der Waals surface area contributed by atoms with Crippen LogP contribution in [0.3, 0.4) is 0 Å². The zero-order valence-electron chi connectivity index (χ0n) is 11.3. The predicted molar refractivity (Wildman–Crippen MR) is 73.4 cm³/mol. The van der Waals surface area contributed by atoms with Gasteiger partial charge < -0.3 is 14.8 Å². The molecule has 1 aliphatic heterocycles. The quantitative estimate of drug-likeness (QED) is 0.883. The number of methoxy groups -OCH3 is 1. The molecule has 1 atom stereocenters. The average molecular weight is 260 g/mol. The standard InChI is InChI=1S/C15H20N2O2/c1-18-14-7-13(10-16)8-15(9-14)19-6-4-12-3-2-5-17-11-12/h7-9,12,17H,2-6,11H2,1H3. The van der Waals surface area contributed by atoms with E-state index in [1.807, 2.05) is 6.07 Å². The average Bonchev–Trinajstić information content (AvgIpc) is 2.48. The smallest absolute Gasteiger partial charge is 0.124 e. The van der Waals surface area contributed by atoms with Gasteiger partial charge in [-0.15, -0.1) is 0 Å². The van der Waals surface area contributed by atoms with E-state index in [2.05, 4.69) is 11.4 Å². The predicted octanol–water partition coefficient (Wildman–Crippen LogP) is 2.34. The van der Waals surface area contributed by atoms with Crippen molar-refractivity contribution in [1.29, 1.82) is 5.26 Å². The highest BCUT2D eigenvalue weighted by Crippen LogP contribution is 2.23. The first-order valence-electron chi connectivity index (χ1n) is 6.74. The summed E-state index contributed by atoms with van der Waals surface area (Å²) < 4.78 is 10.9. The molecule has 1 unspecified atom stereocenters. The second-order valence-electron chi connectivity index (χ2n) is 4.86. The topological polar surface area (TPSA) is 54.3 Å². The maximum absolute atomic E-state index is 8.94. The van der Waals surface area contributed by atoms with Crippen LogP contribution in [0.15, 0.2) is 18.2 Å². The third-order valence-corrected chi connectivity index (χ3v) is 3.44. The summed E-state index contributed by atoms with van der Waals surface area (Å²) in [5, 5.41) is 12.3. The van der Waals surface area contributed by atoms with Gasteiger partial charge in [0, 0.05) is 6.07 Å². The number of hydrogen-bond acceptors (Lipinski definition) is 4. The Morgan fingerprint density at radius 2 is 2.21 bits per heavy atom. The molecule has 0 aliphatic carbocycles. The maximum atomic E-state index is 8.94. The summed E-state index contributed by atoms with van der Waals surface area (Å²) in [4.78, 5) is 0. The first kappa shape index (κ1) is 13.7. The molecule has 1 aliphatic rings. The van der Waals surface area contributed by atoms with Crippen molar-refractivity contribution in [2.45, 2.75) is 19.3 Å². The Labute approximate surface area is 114 Å². The van der Waals surface area contributed by atoms with Gasteiger partial charge in [0.25, 0.3) is 0 Å². The van der Waals surface area contributed by atoms with Gasteiger partial charge in [-0.05, 0) is 50.4 Å². The van der Waals surface area contributed by atoms with E-state index < -0.39 is 0 Å². The molecule has 2 rings (SSSR count). The molecule has 102 valence electrons. The minimum Gasteiger partial charge on any atom is -0.497 e. The number of piperidine rings is 1. The van der Waals surface area contributed by atoms with Crippen molar-refractivity contribution in [2.24, 2.45) is 5.92 Å². The van der Waals surface area contributed by atoms with E-state index >= 15 is 0 Å². The van der Waals surface area contributed by atoms with E-state index in [0.717, 1.165) is 19.5 Å². The first-order chi connectivity index (χ1) is 9.31. The molecule has 1 aromatic rings. The zero-order chi connectivity index (χ0) is 13.5. The number of nitrogens with one attached hydrogen (secondary N) is 1. The maximum Gasteiger partial charge on any atom is 0.124 e. The van der Waals surface area contributed by atoms with Crippen LogP contribution in [-0.2, 0) is 0 Å². The van der Waals surface area contributed by atoms with Gasteiger partial charge in [-0.3, -0.25) is 0 Å². The fourth-order valence-corrected chi connectivity index (χ4v) is 2.35. The van der Waals surface area contributed by atoms with Gasteiger partial charge in [-0.25, -0.2) is 0 Å². The summed E-state index contributed by atoms with van der Waals surface area (Å²) in [6.07, 6.45) is 3.58. The van der Waals surface area contributed by atoms with Crippen LogP contribution in [0.1, 0.15) is 24.8 Å². The number of rotatable bonds is 5. The molecule has 0 radical (unpaired) electrons. The molecule has 0 spiro atoms. The third kappa shape index (κ3) is 4.15. The number of nitriles is 1. The van der Waals surface area contributed by atoms with Gasteiger partial charge in [-0.1, -0.05) is 0 Å². The number of ether oxygens (including phenoxy) is 2. The van der Waals surface area contributed by atoms with Crippen LogP contribution in [0.4, 0.5) is 0 Å². The van der Waals surface area contributed by atoms with E-state index in [4.69, 9.17) is 14.7 Å². The van der Waals surface area contributed by atoms with Gasteiger partial charge in [0.1, 0.15) is 11.5 Å². The lowest BCUT2D eigenvalue weighted by Crippen LogP contribution is -2.30. The summed E-state index contributed by atoms with van der Waals surface area (Å²) in [7, 11) is 1.59. The van der Waals surface area contributed by atoms with Crippen molar-refractivity contribution in [3.63, 3.8) is 0 Å². The lowest BCUT2D eigenvalue weighted by Gasteiger charge is -2.22. The highest BCUT2D eigenvalue weighted by Gasteiger charge is 2.12. The van der Waals surface area contributed by atoms with Crippen LogP contribution < -0.4 is 14.8 Å². The zero-order valence-corrected chi connectivity index (χ0v) is 11.3. The van der Waals surface area contributed by atoms with Crippen molar-refractivity contribution in [1.82, 2.24) is 5.32 Å². The molecule has 1 saturated heterocycles. The number of nitrogens with zero attached hydrogens (tertiary/aromatic N) is 1. The van der Waals surface area contributed by atoms with Gasteiger partial charge in [0.05, 0.1) is 25.3 Å². The Morgan fingerprint density at radius 1 is 1.37 bits per heavy atom. The van der Waals surface area contributed by atoms with Crippen molar-refractivity contribution >= 4 is 0 Å². The number of hydrogen-bond donors (Lipinski definition) is 1. The van der Waals surface area contributed by atoms with E-state index in [1.165, 1.54) is 12.8 Å². The molecule has 0 bridgehead atoms. The Morgan fingerprint density at radius 3 is 2.89 bits per heavy atom. The van der Waals surface area contributed by atoms with E-state index in [-0.39, 0.29) is 0 Å². The molecule has 19 heavy (non-hydrogen) atoms.